The van der Waals surface area contributed by atoms with Crippen molar-refractivity contribution in [2.24, 2.45) is 0 Å². The fourth-order valence-electron chi connectivity index (χ4n) is 2.77. The maximum atomic E-state index is 13.4. The zero-order valence-corrected chi connectivity index (χ0v) is 15.6. The van der Waals surface area contributed by atoms with Crippen LogP contribution in [0.2, 0.25) is 0 Å². The molecule has 2 aromatic heterocycles. The minimum Gasteiger partial charge on any atom is -0.494 e. The minimum absolute atomic E-state index is 0.124. The molecule has 1 amide bonds. The molecule has 28 heavy (non-hydrogen) atoms. The highest BCUT2D eigenvalue weighted by Gasteiger charge is 2.12. The monoisotopic (exact) mass is 398 g/mol. The average Bonchev–Trinajstić information content (AvgIpc) is 3.06. The van der Waals surface area contributed by atoms with Gasteiger partial charge in [0.15, 0.2) is 5.13 Å². The number of ether oxygens (including phenoxy) is 1. The zero-order chi connectivity index (χ0) is 19.7. The molecule has 0 spiro atoms. The van der Waals surface area contributed by atoms with Crippen molar-refractivity contribution in [1.29, 1.82) is 0 Å². The summed E-state index contributed by atoms with van der Waals surface area (Å²) in [5, 5.41) is 3.23. The van der Waals surface area contributed by atoms with Crippen LogP contribution in [0.5, 0.6) is 5.75 Å². The third-order valence-electron chi connectivity index (χ3n) is 4.02. The normalized spacial score (nSPS) is 11.1. The molecule has 0 saturated heterocycles. The number of thiazole rings is 1. The van der Waals surface area contributed by atoms with E-state index in [1.54, 1.807) is 0 Å². The highest BCUT2D eigenvalue weighted by atomic mass is 32.1. The van der Waals surface area contributed by atoms with Gasteiger partial charge in [-0.05, 0) is 43.3 Å². The molecule has 0 aliphatic rings. The Morgan fingerprint density at radius 3 is 2.89 bits per heavy atom. The molecule has 0 aliphatic heterocycles. The summed E-state index contributed by atoms with van der Waals surface area (Å²) >= 11 is 1.31. The summed E-state index contributed by atoms with van der Waals surface area (Å²) in [5.74, 6) is -0.226. The molecule has 0 bridgehead atoms. The van der Waals surface area contributed by atoms with E-state index in [-0.39, 0.29) is 11.9 Å². The number of amides is 1. The lowest BCUT2D eigenvalue weighted by Gasteiger charge is -2.06. The van der Waals surface area contributed by atoms with Crippen LogP contribution in [0.25, 0.3) is 21.1 Å². The van der Waals surface area contributed by atoms with Gasteiger partial charge in [0.25, 0.3) is 5.56 Å². The van der Waals surface area contributed by atoms with Crippen molar-refractivity contribution >= 4 is 43.5 Å². The molecule has 2 aromatic carbocycles. The zero-order valence-electron chi connectivity index (χ0n) is 14.8. The molecule has 1 N–H and O–H groups in total. The van der Waals surface area contributed by atoms with Crippen LogP contribution in [-0.4, -0.2) is 27.0 Å². The van der Waals surface area contributed by atoms with Gasteiger partial charge in [0, 0.05) is 0 Å². The van der Waals surface area contributed by atoms with Gasteiger partial charge < -0.3 is 10.1 Å². The number of nitrogens with one attached hydrogen (secondary N) is 1. The number of carbonyl (C=O) groups excluding carboxylic acids is 1. The van der Waals surface area contributed by atoms with Crippen molar-refractivity contribution in [2.45, 2.75) is 13.5 Å². The summed E-state index contributed by atoms with van der Waals surface area (Å²) < 4.78 is 20.9. The van der Waals surface area contributed by atoms with Gasteiger partial charge in [0.1, 0.15) is 18.1 Å². The molecule has 0 unspecified atom stereocenters. The Kier molecular flexibility index (Phi) is 4.74. The molecule has 0 radical (unpaired) electrons. The molecule has 142 valence electrons. The third-order valence-corrected chi connectivity index (χ3v) is 4.95. The van der Waals surface area contributed by atoms with E-state index in [4.69, 9.17) is 4.74 Å². The number of benzene rings is 2. The van der Waals surface area contributed by atoms with E-state index < -0.39 is 17.3 Å². The fraction of sp³-hybridized carbons (Fsp3) is 0.158. The van der Waals surface area contributed by atoms with E-state index in [9.17, 15) is 14.0 Å². The number of carbonyl (C=O) groups is 1. The molecule has 4 aromatic rings. The highest BCUT2D eigenvalue weighted by molar-refractivity contribution is 7.22. The van der Waals surface area contributed by atoms with E-state index in [0.717, 1.165) is 26.6 Å². The minimum atomic E-state index is -0.533. The van der Waals surface area contributed by atoms with Gasteiger partial charge in [0.05, 0.1) is 34.1 Å². The van der Waals surface area contributed by atoms with Crippen LogP contribution < -0.4 is 15.6 Å². The lowest BCUT2D eigenvalue weighted by Crippen LogP contribution is -2.27. The number of fused-ring (bicyclic) bond motifs is 2. The highest BCUT2D eigenvalue weighted by Crippen LogP contribution is 2.29. The van der Waals surface area contributed by atoms with Crippen molar-refractivity contribution in [1.82, 2.24) is 14.5 Å². The van der Waals surface area contributed by atoms with Gasteiger partial charge in [-0.3, -0.25) is 14.2 Å². The van der Waals surface area contributed by atoms with Gasteiger partial charge in [-0.1, -0.05) is 11.3 Å². The van der Waals surface area contributed by atoms with E-state index in [1.165, 1.54) is 29.8 Å². The number of rotatable bonds is 5. The van der Waals surface area contributed by atoms with Crippen LogP contribution in [0.15, 0.2) is 47.5 Å². The number of hydrogen-bond acceptors (Lipinski definition) is 6. The predicted molar refractivity (Wildman–Crippen MR) is 105 cm³/mol. The fourth-order valence-corrected chi connectivity index (χ4v) is 3.68. The SMILES string of the molecule is CCOc1ccc2nc(NC(=O)Cn3cnc4ccc(F)cc4c3=O)sc2c1. The van der Waals surface area contributed by atoms with E-state index in [0.29, 0.717) is 17.3 Å². The van der Waals surface area contributed by atoms with Crippen molar-refractivity contribution in [3.8, 4) is 5.75 Å². The summed E-state index contributed by atoms with van der Waals surface area (Å²) in [6.07, 6.45) is 1.27. The van der Waals surface area contributed by atoms with Gasteiger partial charge in [-0.25, -0.2) is 14.4 Å². The summed E-state index contributed by atoms with van der Waals surface area (Å²) in [5.41, 5.74) is 0.633. The molecule has 0 atom stereocenters. The number of hydrogen-bond donors (Lipinski definition) is 1. The van der Waals surface area contributed by atoms with Crippen LogP contribution in [-0.2, 0) is 11.3 Å². The molecule has 4 rings (SSSR count). The second-order valence-corrected chi connectivity index (χ2v) is 7.00. The first-order chi connectivity index (χ1) is 13.5. The maximum absolute atomic E-state index is 13.4. The summed E-state index contributed by atoms with van der Waals surface area (Å²) in [7, 11) is 0. The van der Waals surface area contributed by atoms with Crippen LogP contribution >= 0.6 is 11.3 Å². The molecule has 0 fully saturated rings. The van der Waals surface area contributed by atoms with Crippen molar-refractivity contribution in [3.63, 3.8) is 0 Å². The predicted octanol–water partition coefficient (Wildman–Crippen LogP) is 3.18. The quantitative estimate of drug-likeness (QED) is 0.558. The third kappa shape index (κ3) is 3.56. The average molecular weight is 398 g/mol. The van der Waals surface area contributed by atoms with Crippen molar-refractivity contribution in [2.75, 3.05) is 11.9 Å². The first-order valence-corrected chi connectivity index (χ1v) is 9.33. The van der Waals surface area contributed by atoms with Crippen LogP contribution in [0.4, 0.5) is 9.52 Å². The number of halogens is 1. The Morgan fingerprint density at radius 2 is 2.07 bits per heavy atom. The van der Waals surface area contributed by atoms with Gasteiger partial charge >= 0.3 is 0 Å². The van der Waals surface area contributed by atoms with Gasteiger partial charge in [0.2, 0.25) is 5.91 Å². The van der Waals surface area contributed by atoms with Crippen molar-refractivity contribution < 1.29 is 13.9 Å². The lowest BCUT2D eigenvalue weighted by atomic mass is 10.2. The first kappa shape index (κ1) is 18.1. The second-order valence-electron chi connectivity index (χ2n) is 5.97. The molecule has 2 heterocycles. The Labute approximate surface area is 162 Å². The van der Waals surface area contributed by atoms with Gasteiger partial charge in [-0.15, -0.1) is 0 Å². The summed E-state index contributed by atoms with van der Waals surface area (Å²) in [6.45, 7) is 2.21. The largest absolute Gasteiger partial charge is 0.494 e. The molecule has 9 heteroatoms. The Balaban J connectivity index is 1.54. The number of nitrogens with zero attached hydrogens (tertiary/aromatic N) is 3. The van der Waals surface area contributed by atoms with E-state index in [1.807, 2.05) is 25.1 Å². The van der Waals surface area contributed by atoms with Gasteiger partial charge in [-0.2, -0.15) is 0 Å². The van der Waals surface area contributed by atoms with Crippen LogP contribution in [0.1, 0.15) is 6.92 Å². The van der Waals surface area contributed by atoms with E-state index in [2.05, 4.69) is 15.3 Å². The Bertz CT molecular complexity index is 1250. The smallest absolute Gasteiger partial charge is 0.261 e. The van der Waals surface area contributed by atoms with E-state index >= 15 is 0 Å². The maximum Gasteiger partial charge on any atom is 0.261 e. The second kappa shape index (κ2) is 7.35. The Morgan fingerprint density at radius 1 is 1.25 bits per heavy atom. The summed E-state index contributed by atoms with van der Waals surface area (Å²) in [6, 6.07) is 9.26. The molecule has 7 nitrogen and oxygen atoms in total. The number of aromatic nitrogens is 3. The first-order valence-electron chi connectivity index (χ1n) is 8.51. The van der Waals surface area contributed by atoms with Crippen molar-refractivity contribution in [3.05, 3.63) is 58.9 Å². The topological polar surface area (TPSA) is 86.1 Å². The molecule has 0 aliphatic carbocycles. The molecule has 0 saturated carbocycles. The molecular weight excluding hydrogens is 383 g/mol. The number of anilines is 1. The summed E-state index contributed by atoms with van der Waals surface area (Å²) in [4.78, 5) is 33.3. The lowest BCUT2D eigenvalue weighted by molar-refractivity contribution is -0.116. The standard InChI is InChI=1S/C19H15FN4O3S/c1-2-27-12-4-6-15-16(8-12)28-19(22-15)23-17(25)9-24-10-21-14-5-3-11(20)7-13(14)18(24)26/h3-8,10H,2,9H2,1H3,(H,22,23,25). The van der Waals surface area contributed by atoms with Crippen LogP contribution in [0.3, 0.4) is 0 Å². The Hall–Kier alpha value is -3.33. The molecular formula is C19H15FN4O3S. The van der Waals surface area contributed by atoms with Crippen LogP contribution in [0, 0.1) is 5.82 Å².